The summed E-state index contributed by atoms with van der Waals surface area (Å²) in [6.45, 7) is 2.89. The minimum absolute atomic E-state index is 0.133. The molecule has 0 bridgehead atoms. The van der Waals surface area contributed by atoms with Crippen molar-refractivity contribution in [1.29, 1.82) is 0 Å². The Bertz CT molecular complexity index is 497. The van der Waals surface area contributed by atoms with E-state index < -0.39 is 5.54 Å². The van der Waals surface area contributed by atoms with Gasteiger partial charge in [0.1, 0.15) is 0 Å². The van der Waals surface area contributed by atoms with E-state index in [4.69, 9.17) is 10.5 Å². The minimum Gasteiger partial charge on any atom is -0.381 e. The fourth-order valence-electron chi connectivity index (χ4n) is 3.63. The van der Waals surface area contributed by atoms with Crippen LogP contribution in [-0.2, 0) is 16.0 Å². The van der Waals surface area contributed by atoms with Crippen molar-refractivity contribution in [3.8, 4) is 0 Å². The highest BCUT2D eigenvalue weighted by Gasteiger charge is 2.40. The molecule has 0 aromatic heterocycles. The number of hydrogen-bond acceptors (Lipinski definition) is 3. The molecular weight excluding hydrogens is 276 g/mol. The highest BCUT2D eigenvalue weighted by atomic mass is 16.5. The van der Waals surface area contributed by atoms with Crippen LogP contribution in [0.15, 0.2) is 30.3 Å². The fourth-order valence-corrected chi connectivity index (χ4v) is 3.63. The van der Waals surface area contributed by atoms with E-state index in [0.717, 1.165) is 25.9 Å². The molecule has 22 heavy (non-hydrogen) atoms. The molecule has 2 N–H and O–H groups in total. The van der Waals surface area contributed by atoms with Crippen molar-refractivity contribution in [1.82, 2.24) is 4.90 Å². The lowest BCUT2D eigenvalue weighted by Crippen LogP contribution is -2.59. The molecule has 1 amide bonds. The Hall–Kier alpha value is -1.39. The van der Waals surface area contributed by atoms with Gasteiger partial charge in [-0.05, 0) is 43.6 Å². The van der Waals surface area contributed by atoms with Crippen molar-refractivity contribution in [3.63, 3.8) is 0 Å². The summed E-state index contributed by atoms with van der Waals surface area (Å²) in [6.07, 6.45) is 4.61. The van der Waals surface area contributed by atoms with Crippen molar-refractivity contribution in [2.45, 2.75) is 37.6 Å². The van der Waals surface area contributed by atoms with Crippen LogP contribution in [0.1, 0.15) is 31.2 Å². The largest absolute Gasteiger partial charge is 0.381 e. The van der Waals surface area contributed by atoms with Gasteiger partial charge in [-0.15, -0.1) is 0 Å². The van der Waals surface area contributed by atoms with E-state index in [1.54, 1.807) is 0 Å². The highest BCUT2D eigenvalue weighted by Crippen LogP contribution is 2.26. The molecule has 1 aromatic rings. The number of carbonyl (C=O) groups excluding carboxylic acids is 1. The van der Waals surface area contributed by atoms with Crippen LogP contribution in [0.4, 0.5) is 0 Å². The molecule has 0 aliphatic carbocycles. The Morgan fingerprint density at radius 1 is 1.27 bits per heavy atom. The van der Waals surface area contributed by atoms with Gasteiger partial charge in [0.15, 0.2) is 0 Å². The Labute approximate surface area is 132 Å². The summed E-state index contributed by atoms with van der Waals surface area (Å²) < 4.78 is 5.35. The number of amides is 1. The second kappa shape index (κ2) is 6.80. The lowest BCUT2D eigenvalue weighted by atomic mass is 9.86. The average molecular weight is 302 g/mol. The number of nitrogens with zero attached hydrogens (tertiary/aromatic N) is 1. The first-order valence-electron chi connectivity index (χ1n) is 8.37. The van der Waals surface area contributed by atoms with Crippen molar-refractivity contribution >= 4 is 5.91 Å². The third-order valence-electron chi connectivity index (χ3n) is 4.98. The van der Waals surface area contributed by atoms with Crippen LogP contribution in [0.2, 0.25) is 0 Å². The minimum atomic E-state index is -0.702. The van der Waals surface area contributed by atoms with Gasteiger partial charge in [0.2, 0.25) is 5.91 Å². The Balaban J connectivity index is 1.61. The number of nitrogens with two attached hydrogens (primary N) is 1. The second-order valence-corrected chi connectivity index (χ2v) is 6.72. The Morgan fingerprint density at radius 3 is 2.73 bits per heavy atom. The van der Waals surface area contributed by atoms with Crippen LogP contribution in [0.25, 0.3) is 0 Å². The molecule has 4 heteroatoms. The van der Waals surface area contributed by atoms with Crippen molar-refractivity contribution in [2.75, 3.05) is 26.3 Å². The smallest absolute Gasteiger partial charge is 0.242 e. The van der Waals surface area contributed by atoms with Crippen LogP contribution in [0.3, 0.4) is 0 Å². The quantitative estimate of drug-likeness (QED) is 0.929. The summed E-state index contributed by atoms with van der Waals surface area (Å²) in [4.78, 5) is 14.8. The van der Waals surface area contributed by atoms with Crippen LogP contribution >= 0.6 is 0 Å². The molecule has 4 nitrogen and oxygen atoms in total. The zero-order chi connectivity index (χ0) is 15.4. The molecule has 0 radical (unpaired) electrons. The molecule has 0 saturated carbocycles. The number of piperidine rings is 1. The number of likely N-dealkylation sites (tertiary alicyclic amines) is 1. The van der Waals surface area contributed by atoms with E-state index in [-0.39, 0.29) is 5.91 Å². The SMILES string of the molecule is NC1(C(=O)N2CCCC(Cc3ccccc3)C2)CCOCC1. The number of carbonyl (C=O) groups is 1. The maximum absolute atomic E-state index is 12.8. The van der Waals surface area contributed by atoms with Crippen LogP contribution in [0.5, 0.6) is 0 Å². The standard InChI is InChI=1S/C18H26N2O2/c19-18(8-11-22-12-9-18)17(21)20-10-4-7-16(14-20)13-15-5-2-1-3-6-15/h1-3,5-6,16H,4,7-14,19H2. The molecule has 2 aliphatic heterocycles. The first kappa shape index (κ1) is 15.5. The average Bonchev–Trinajstić information content (AvgIpc) is 2.56. The van der Waals surface area contributed by atoms with E-state index >= 15 is 0 Å². The van der Waals surface area contributed by atoms with Gasteiger partial charge in [-0.2, -0.15) is 0 Å². The summed E-state index contributed by atoms with van der Waals surface area (Å²) in [5.74, 6) is 0.678. The molecule has 120 valence electrons. The third kappa shape index (κ3) is 3.50. The normalized spacial score (nSPS) is 25.0. The lowest BCUT2D eigenvalue weighted by molar-refractivity contribution is -0.142. The highest BCUT2D eigenvalue weighted by molar-refractivity contribution is 5.86. The van der Waals surface area contributed by atoms with E-state index in [2.05, 4.69) is 24.3 Å². The number of ether oxygens (including phenoxy) is 1. The number of rotatable bonds is 3. The maximum Gasteiger partial charge on any atom is 0.242 e. The summed E-state index contributed by atoms with van der Waals surface area (Å²) in [7, 11) is 0. The molecule has 0 spiro atoms. The first-order valence-corrected chi connectivity index (χ1v) is 8.37. The second-order valence-electron chi connectivity index (χ2n) is 6.72. The maximum atomic E-state index is 12.8. The summed E-state index contributed by atoms with van der Waals surface area (Å²) >= 11 is 0. The van der Waals surface area contributed by atoms with Gasteiger partial charge in [0, 0.05) is 26.3 Å². The van der Waals surface area contributed by atoms with Gasteiger partial charge in [-0.25, -0.2) is 0 Å². The van der Waals surface area contributed by atoms with Gasteiger partial charge >= 0.3 is 0 Å². The fraction of sp³-hybridized carbons (Fsp3) is 0.611. The monoisotopic (exact) mass is 302 g/mol. The van der Waals surface area contributed by atoms with Crippen LogP contribution in [-0.4, -0.2) is 42.6 Å². The summed E-state index contributed by atoms with van der Waals surface area (Å²) in [6, 6.07) is 10.5. The molecule has 2 saturated heterocycles. The van der Waals surface area contributed by atoms with Crippen LogP contribution in [0, 0.1) is 5.92 Å². The van der Waals surface area contributed by atoms with Gasteiger partial charge in [0.05, 0.1) is 5.54 Å². The van der Waals surface area contributed by atoms with E-state index in [9.17, 15) is 4.79 Å². The number of hydrogen-bond donors (Lipinski definition) is 1. The molecule has 2 heterocycles. The molecular formula is C18H26N2O2. The van der Waals surface area contributed by atoms with E-state index in [1.807, 2.05) is 11.0 Å². The van der Waals surface area contributed by atoms with E-state index in [0.29, 0.717) is 32.0 Å². The molecule has 1 unspecified atom stereocenters. The first-order chi connectivity index (χ1) is 10.7. The summed E-state index contributed by atoms with van der Waals surface area (Å²) in [5.41, 5.74) is 7.02. The zero-order valence-electron chi connectivity index (χ0n) is 13.2. The summed E-state index contributed by atoms with van der Waals surface area (Å²) in [5, 5.41) is 0. The van der Waals surface area contributed by atoms with E-state index in [1.165, 1.54) is 12.0 Å². The van der Waals surface area contributed by atoms with Crippen molar-refractivity contribution < 1.29 is 9.53 Å². The van der Waals surface area contributed by atoms with Gasteiger partial charge in [0.25, 0.3) is 0 Å². The van der Waals surface area contributed by atoms with Gasteiger partial charge < -0.3 is 15.4 Å². The Morgan fingerprint density at radius 2 is 2.00 bits per heavy atom. The van der Waals surface area contributed by atoms with Crippen molar-refractivity contribution in [2.24, 2.45) is 11.7 Å². The predicted octanol–water partition coefficient (Wildman–Crippen LogP) is 1.98. The molecule has 1 aromatic carbocycles. The molecule has 3 rings (SSSR count). The topological polar surface area (TPSA) is 55.6 Å². The molecule has 2 aliphatic rings. The predicted molar refractivity (Wildman–Crippen MR) is 86.4 cm³/mol. The zero-order valence-corrected chi connectivity index (χ0v) is 13.2. The molecule has 1 atom stereocenters. The van der Waals surface area contributed by atoms with Gasteiger partial charge in [-0.1, -0.05) is 30.3 Å². The third-order valence-corrected chi connectivity index (χ3v) is 4.98. The lowest BCUT2D eigenvalue weighted by Gasteiger charge is -2.40. The van der Waals surface area contributed by atoms with Gasteiger partial charge in [-0.3, -0.25) is 4.79 Å². The van der Waals surface area contributed by atoms with Crippen LogP contribution < -0.4 is 5.73 Å². The van der Waals surface area contributed by atoms with Crippen molar-refractivity contribution in [3.05, 3.63) is 35.9 Å². The molecule has 2 fully saturated rings. The number of benzene rings is 1. The Kier molecular flexibility index (Phi) is 4.79.